The van der Waals surface area contributed by atoms with Crippen molar-refractivity contribution in [2.75, 3.05) is 13.7 Å². The van der Waals surface area contributed by atoms with Crippen molar-refractivity contribution in [2.24, 2.45) is 5.73 Å². The molecule has 0 spiro atoms. The van der Waals surface area contributed by atoms with Gasteiger partial charge < -0.3 is 15.2 Å². The number of nitrogens with two attached hydrogens (primary N) is 1. The van der Waals surface area contributed by atoms with Gasteiger partial charge in [-0.05, 0) is 29.5 Å². The zero-order valence-corrected chi connectivity index (χ0v) is 12.8. The number of esters is 1. The van der Waals surface area contributed by atoms with Crippen LogP contribution in [0.2, 0.25) is 0 Å². The van der Waals surface area contributed by atoms with Crippen molar-refractivity contribution in [3.05, 3.63) is 29.8 Å². The number of ether oxygens (including phenoxy) is 2. The minimum Gasteiger partial charge on any atom is -0.494 e. The van der Waals surface area contributed by atoms with Gasteiger partial charge in [-0.1, -0.05) is 32.9 Å². The molecule has 0 heterocycles. The van der Waals surface area contributed by atoms with Crippen molar-refractivity contribution < 1.29 is 14.3 Å². The number of carbonyl (C=O) groups is 1. The fourth-order valence-corrected chi connectivity index (χ4v) is 1.78. The molecule has 0 saturated heterocycles. The maximum atomic E-state index is 11.1. The number of methoxy groups -OCH3 is 1. The Morgan fingerprint density at radius 1 is 1.30 bits per heavy atom. The molecule has 0 aliphatic carbocycles. The lowest BCUT2D eigenvalue weighted by atomic mass is 9.82. The summed E-state index contributed by atoms with van der Waals surface area (Å²) in [7, 11) is 1.33. The molecule has 0 bridgehead atoms. The third-order valence-electron chi connectivity index (χ3n) is 3.72. The lowest BCUT2D eigenvalue weighted by molar-refractivity contribution is -0.142. The quantitative estimate of drug-likeness (QED) is 0.779. The van der Waals surface area contributed by atoms with E-state index in [1.165, 1.54) is 12.7 Å². The number of hydrogen-bond donors (Lipinski definition) is 1. The standard InChI is InChI=1S/C16H25NO3/c1-5-16(2,3)12-6-8-13(9-7-12)20-11-10-14(17)15(18)19-4/h6-9,14H,5,10-11,17H2,1-4H3. The first-order chi connectivity index (χ1) is 9.40. The Labute approximate surface area is 121 Å². The van der Waals surface area contributed by atoms with Crippen molar-refractivity contribution in [1.29, 1.82) is 0 Å². The zero-order valence-electron chi connectivity index (χ0n) is 12.8. The van der Waals surface area contributed by atoms with E-state index in [-0.39, 0.29) is 5.41 Å². The van der Waals surface area contributed by atoms with Crippen LogP contribution in [0, 0.1) is 0 Å². The number of hydrogen-bond acceptors (Lipinski definition) is 4. The summed E-state index contributed by atoms with van der Waals surface area (Å²) < 4.78 is 10.1. The zero-order chi connectivity index (χ0) is 15.2. The predicted octanol–water partition coefficient (Wildman–Crippen LogP) is 2.64. The number of benzene rings is 1. The molecule has 0 radical (unpaired) electrons. The van der Waals surface area contributed by atoms with Crippen LogP contribution >= 0.6 is 0 Å². The Kier molecular flexibility index (Phi) is 6.02. The largest absolute Gasteiger partial charge is 0.494 e. The number of rotatable bonds is 7. The molecule has 1 atom stereocenters. The van der Waals surface area contributed by atoms with E-state index in [0.717, 1.165) is 12.2 Å². The summed E-state index contributed by atoms with van der Waals surface area (Å²) >= 11 is 0. The third kappa shape index (κ3) is 4.53. The molecule has 0 aliphatic heterocycles. The lowest BCUT2D eigenvalue weighted by Crippen LogP contribution is -2.33. The highest BCUT2D eigenvalue weighted by Gasteiger charge is 2.17. The molecule has 1 unspecified atom stereocenters. The Bertz CT molecular complexity index is 426. The summed E-state index contributed by atoms with van der Waals surface area (Å²) in [5, 5.41) is 0. The SMILES string of the molecule is CCC(C)(C)c1ccc(OCCC(N)C(=O)OC)cc1. The van der Waals surface area contributed by atoms with Gasteiger partial charge in [-0.25, -0.2) is 0 Å². The van der Waals surface area contributed by atoms with Crippen LogP contribution < -0.4 is 10.5 Å². The molecule has 0 amide bonds. The Hall–Kier alpha value is -1.55. The van der Waals surface area contributed by atoms with Gasteiger partial charge in [0.15, 0.2) is 0 Å². The van der Waals surface area contributed by atoms with Gasteiger partial charge >= 0.3 is 5.97 Å². The first-order valence-electron chi connectivity index (χ1n) is 6.97. The monoisotopic (exact) mass is 279 g/mol. The molecule has 20 heavy (non-hydrogen) atoms. The highest BCUT2D eigenvalue weighted by molar-refractivity contribution is 5.75. The average Bonchev–Trinajstić information content (AvgIpc) is 2.46. The molecule has 4 heteroatoms. The molecule has 0 fully saturated rings. The lowest BCUT2D eigenvalue weighted by Gasteiger charge is -2.23. The van der Waals surface area contributed by atoms with Crippen LogP contribution in [0.15, 0.2) is 24.3 Å². The van der Waals surface area contributed by atoms with E-state index in [1.54, 1.807) is 0 Å². The molecule has 0 aliphatic rings. The molecule has 4 nitrogen and oxygen atoms in total. The minimum absolute atomic E-state index is 0.172. The molecule has 1 aromatic rings. The van der Waals surface area contributed by atoms with Gasteiger partial charge in [0, 0.05) is 6.42 Å². The third-order valence-corrected chi connectivity index (χ3v) is 3.72. The average molecular weight is 279 g/mol. The van der Waals surface area contributed by atoms with E-state index in [9.17, 15) is 4.79 Å². The summed E-state index contributed by atoms with van der Waals surface area (Å²) in [4.78, 5) is 11.1. The Morgan fingerprint density at radius 3 is 2.40 bits per heavy atom. The summed E-state index contributed by atoms with van der Waals surface area (Å²) in [6.45, 7) is 7.02. The second kappa shape index (κ2) is 7.29. The van der Waals surface area contributed by atoms with E-state index in [4.69, 9.17) is 10.5 Å². The van der Waals surface area contributed by atoms with Crippen molar-refractivity contribution in [3.63, 3.8) is 0 Å². The minimum atomic E-state index is -0.627. The van der Waals surface area contributed by atoms with Crippen molar-refractivity contribution in [3.8, 4) is 5.75 Å². The van der Waals surface area contributed by atoms with Crippen LogP contribution in [0.3, 0.4) is 0 Å². The van der Waals surface area contributed by atoms with Gasteiger partial charge in [0.2, 0.25) is 0 Å². The van der Waals surface area contributed by atoms with Crippen LogP contribution in [0.25, 0.3) is 0 Å². The predicted molar refractivity (Wildman–Crippen MR) is 79.9 cm³/mol. The van der Waals surface area contributed by atoms with E-state index < -0.39 is 12.0 Å². The van der Waals surface area contributed by atoms with E-state index in [1.807, 2.05) is 12.1 Å². The highest BCUT2D eigenvalue weighted by Crippen LogP contribution is 2.28. The Balaban J connectivity index is 2.49. The van der Waals surface area contributed by atoms with Crippen molar-refractivity contribution in [1.82, 2.24) is 0 Å². The molecule has 2 N–H and O–H groups in total. The molecular formula is C16H25NO3. The smallest absolute Gasteiger partial charge is 0.322 e. The van der Waals surface area contributed by atoms with Crippen LogP contribution in [-0.2, 0) is 14.9 Å². The molecule has 0 aromatic heterocycles. The second-order valence-corrected chi connectivity index (χ2v) is 5.53. The summed E-state index contributed by atoms with van der Waals surface area (Å²) in [6.07, 6.45) is 1.52. The van der Waals surface area contributed by atoms with Crippen LogP contribution in [0.1, 0.15) is 39.2 Å². The van der Waals surface area contributed by atoms with E-state index in [0.29, 0.717) is 13.0 Å². The van der Waals surface area contributed by atoms with Crippen LogP contribution in [-0.4, -0.2) is 25.7 Å². The van der Waals surface area contributed by atoms with E-state index >= 15 is 0 Å². The fourth-order valence-electron chi connectivity index (χ4n) is 1.78. The molecule has 1 rings (SSSR count). The molecular weight excluding hydrogens is 254 g/mol. The Morgan fingerprint density at radius 2 is 1.90 bits per heavy atom. The summed E-state index contributed by atoms with van der Waals surface area (Å²) in [6, 6.07) is 7.45. The van der Waals surface area contributed by atoms with Gasteiger partial charge in [-0.2, -0.15) is 0 Å². The summed E-state index contributed by atoms with van der Waals surface area (Å²) in [5.41, 5.74) is 7.10. The van der Waals surface area contributed by atoms with Crippen LogP contribution in [0.4, 0.5) is 0 Å². The summed E-state index contributed by atoms with van der Waals surface area (Å²) in [5.74, 6) is 0.381. The molecule has 112 valence electrons. The normalized spacial score (nSPS) is 12.8. The van der Waals surface area contributed by atoms with Crippen molar-refractivity contribution >= 4 is 5.97 Å². The maximum Gasteiger partial charge on any atom is 0.322 e. The highest BCUT2D eigenvalue weighted by atomic mass is 16.5. The van der Waals surface area contributed by atoms with Gasteiger partial charge in [-0.3, -0.25) is 4.79 Å². The van der Waals surface area contributed by atoms with Gasteiger partial charge in [0.1, 0.15) is 11.8 Å². The first-order valence-corrected chi connectivity index (χ1v) is 6.97. The van der Waals surface area contributed by atoms with Gasteiger partial charge in [0.05, 0.1) is 13.7 Å². The first kappa shape index (κ1) is 16.5. The second-order valence-electron chi connectivity index (χ2n) is 5.53. The molecule has 0 saturated carbocycles. The topological polar surface area (TPSA) is 61.5 Å². The van der Waals surface area contributed by atoms with E-state index in [2.05, 4.69) is 37.6 Å². The van der Waals surface area contributed by atoms with Gasteiger partial charge in [0.25, 0.3) is 0 Å². The van der Waals surface area contributed by atoms with Crippen molar-refractivity contribution in [2.45, 2.75) is 45.1 Å². The maximum absolute atomic E-state index is 11.1. The fraction of sp³-hybridized carbons (Fsp3) is 0.562. The number of carbonyl (C=O) groups excluding carboxylic acids is 1. The van der Waals surface area contributed by atoms with Gasteiger partial charge in [-0.15, -0.1) is 0 Å². The molecule has 1 aromatic carbocycles. The van der Waals surface area contributed by atoms with Crippen LogP contribution in [0.5, 0.6) is 5.75 Å².